The topological polar surface area (TPSA) is 109 Å². The van der Waals surface area contributed by atoms with Gasteiger partial charge in [-0.15, -0.1) is 0 Å². The minimum absolute atomic E-state index is 0.00817. The van der Waals surface area contributed by atoms with Crippen molar-refractivity contribution in [2.45, 2.75) is 50.2 Å². The molecular weight excluding hydrogens is 388 g/mol. The zero-order valence-electron chi connectivity index (χ0n) is 17.3. The number of hydrogen-bond donors (Lipinski definition) is 3. The molecule has 3 amide bonds. The molecule has 2 fully saturated rings. The molecule has 1 aromatic carbocycles. The van der Waals surface area contributed by atoms with Gasteiger partial charge in [0.15, 0.2) is 0 Å². The summed E-state index contributed by atoms with van der Waals surface area (Å²) >= 11 is 0. The summed E-state index contributed by atoms with van der Waals surface area (Å²) in [5.41, 5.74) is 2.54. The summed E-state index contributed by atoms with van der Waals surface area (Å²) in [6.45, 7) is 2.48. The second kappa shape index (κ2) is 8.81. The number of carbonyl (C=O) groups is 3. The van der Waals surface area contributed by atoms with Crippen molar-refractivity contribution in [1.82, 2.24) is 20.9 Å². The van der Waals surface area contributed by atoms with Crippen LogP contribution in [0.25, 0.3) is 0 Å². The minimum Gasteiger partial charge on any atom is -0.377 e. The van der Waals surface area contributed by atoms with Crippen LogP contribution in [0.15, 0.2) is 18.2 Å². The molecule has 0 saturated carbocycles. The minimum atomic E-state index is -0.586. The van der Waals surface area contributed by atoms with E-state index >= 15 is 0 Å². The Balaban J connectivity index is 1.36. The van der Waals surface area contributed by atoms with Crippen LogP contribution >= 0.6 is 0 Å². The van der Waals surface area contributed by atoms with Gasteiger partial charge in [0, 0.05) is 58.4 Å². The van der Waals surface area contributed by atoms with Gasteiger partial charge in [0.05, 0.1) is 6.10 Å². The van der Waals surface area contributed by atoms with Gasteiger partial charge in [-0.25, -0.2) is 0 Å². The van der Waals surface area contributed by atoms with Gasteiger partial charge in [-0.3, -0.25) is 19.7 Å². The lowest BCUT2D eigenvalue weighted by molar-refractivity contribution is -0.136. The van der Waals surface area contributed by atoms with Crippen molar-refractivity contribution in [1.29, 1.82) is 0 Å². The fourth-order valence-electron chi connectivity index (χ4n) is 4.56. The van der Waals surface area contributed by atoms with E-state index in [0.29, 0.717) is 31.6 Å². The van der Waals surface area contributed by atoms with E-state index in [0.717, 1.165) is 17.7 Å². The van der Waals surface area contributed by atoms with Crippen LogP contribution in [0.2, 0.25) is 0 Å². The van der Waals surface area contributed by atoms with Crippen LogP contribution < -0.4 is 16.0 Å². The number of carbonyl (C=O) groups excluding carboxylic acids is 3. The van der Waals surface area contributed by atoms with Crippen molar-refractivity contribution >= 4 is 17.7 Å². The highest BCUT2D eigenvalue weighted by Gasteiger charge is 2.39. The van der Waals surface area contributed by atoms with Gasteiger partial charge in [0.1, 0.15) is 12.1 Å². The van der Waals surface area contributed by atoms with E-state index < -0.39 is 6.04 Å². The van der Waals surface area contributed by atoms with E-state index in [1.807, 2.05) is 18.2 Å². The highest BCUT2D eigenvalue weighted by molar-refractivity contribution is 6.05. The van der Waals surface area contributed by atoms with Crippen molar-refractivity contribution in [2.24, 2.45) is 0 Å². The SMILES string of the molecule is CO[C@H]1[C@H](CNCc2ccc3c(c2)C(=O)N(C2CCC(=O)NC2=O)C3)NC[C@H]1OC. The first-order valence-corrected chi connectivity index (χ1v) is 10.3. The number of imide groups is 1. The summed E-state index contributed by atoms with van der Waals surface area (Å²) in [5.74, 6) is -0.820. The predicted octanol–water partition coefficient (Wildman–Crippen LogP) is -0.461. The van der Waals surface area contributed by atoms with Crippen molar-refractivity contribution in [3.63, 3.8) is 0 Å². The number of piperidine rings is 1. The lowest BCUT2D eigenvalue weighted by Crippen LogP contribution is -2.52. The first-order chi connectivity index (χ1) is 14.5. The Kier molecular flexibility index (Phi) is 6.14. The molecule has 1 unspecified atom stereocenters. The second-order valence-corrected chi connectivity index (χ2v) is 8.01. The van der Waals surface area contributed by atoms with Crippen LogP contribution in [0.5, 0.6) is 0 Å². The number of benzene rings is 1. The number of amides is 3. The third kappa shape index (κ3) is 3.98. The highest BCUT2D eigenvalue weighted by Crippen LogP contribution is 2.28. The Bertz CT molecular complexity index is 845. The standard InChI is InChI=1S/C21H28N4O5/c1-29-17-10-23-15(19(17)30-2)9-22-8-12-3-4-13-11-25(21(28)14(13)7-12)16-5-6-18(26)24-20(16)27/h3-4,7,15-17,19,22-23H,5-6,8-11H2,1-2H3,(H,24,26,27)/t15-,16?,17+,19-/m0/s1. The Morgan fingerprint density at radius 2 is 2.03 bits per heavy atom. The fourth-order valence-corrected chi connectivity index (χ4v) is 4.56. The third-order valence-electron chi connectivity index (χ3n) is 6.21. The molecule has 3 aliphatic heterocycles. The number of methoxy groups -OCH3 is 2. The predicted molar refractivity (Wildman–Crippen MR) is 108 cm³/mol. The fraction of sp³-hybridized carbons (Fsp3) is 0.571. The lowest BCUT2D eigenvalue weighted by Gasteiger charge is -2.29. The molecule has 3 heterocycles. The number of nitrogens with one attached hydrogen (secondary N) is 3. The average molecular weight is 416 g/mol. The summed E-state index contributed by atoms with van der Waals surface area (Å²) in [6.07, 6.45) is 0.660. The maximum absolute atomic E-state index is 12.9. The van der Waals surface area contributed by atoms with Gasteiger partial charge in [-0.1, -0.05) is 12.1 Å². The van der Waals surface area contributed by atoms with Crippen molar-refractivity contribution in [3.05, 3.63) is 34.9 Å². The molecule has 9 heteroatoms. The molecular formula is C21H28N4O5. The van der Waals surface area contributed by atoms with E-state index in [2.05, 4.69) is 16.0 Å². The summed E-state index contributed by atoms with van der Waals surface area (Å²) in [7, 11) is 3.38. The zero-order chi connectivity index (χ0) is 21.3. The highest BCUT2D eigenvalue weighted by atomic mass is 16.5. The number of nitrogens with zero attached hydrogens (tertiary/aromatic N) is 1. The molecule has 162 valence electrons. The first kappa shape index (κ1) is 20.9. The molecule has 30 heavy (non-hydrogen) atoms. The molecule has 0 spiro atoms. The largest absolute Gasteiger partial charge is 0.377 e. The van der Waals surface area contributed by atoms with Crippen LogP contribution in [0, 0.1) is 0 Å². The van der Waals surface area contributed by atoms with Crippen molar-refractivity contribution in [2.75, 3.05) is 27.3 Å². The van der Waals surface area contributed by atoms with Crippen molar-refractivity contribution < 1.29 is 23.9 Å². The second-order valence-electron chi connectivity index (χ2n) is 8.01. The zero-order valence-corrected chi connectivity index (χ0v) is 17.3. The summed E-state index contributed by atoms with van der Waals surface area (Å²) in [4.78, 5) is 38.0. The Hall–Kier alpha value is -2.33. The maximum atomic E-state index is 12.9. The number of fused-ring (bicyclic) bond motifs is 1. The van der Waals surface area contributed by atoms with Crippen LogP contribution in [-0.2, 0) is 32.2 Å². The number of rotatable bonds is 7. The molecule has 9 nitrogen and oxygen atoms in total. The van der Waals surface area contributed by atoms with E-state index in [1.54, 1.807) is 19.1 Å². The molecule has 3 N–H and O–H groups in total. The number of hydrogen-bond acceptors (Lipinski definition) is 7. The quantitative estimate of drug-likeness (QED) is 0.516. The summed E-state index contributed by atoms with van der Waals surface area (Å²) < 4.78 is 11.0. The van der Waals surface area contributed by atoms with Gasteiger partial charge in [0.2, 0.25) is 11.8 Å². The third-order valence-corrected chi connectivity index (χ3v) is 6.21. The maximum Gasteiger partial charge on any atom is 0.255 e. The van der Waals surface area contributed by atoms with Gasteiger partial charge in [0.25, 0.3) is 5.91 Å². The lowest BCUT2D eigenvalue weighted by atomic mass is 10.0. The molecule has 0 bridgehead atoms. The van der Waals surface area contributed by atoms with Crippen LogP contribution in [0.4, 0.5) is 0 Å². The van der Waals surface area contributed by atoms with Crippen LogP contribution in [0.1, 0.15) is 34.3 Å². The molecule has 0 aliphatic carbocycles. The molecule has 1 aromatic rings. The normalized spacial score (nSPS) is 28.7. The van der Waals surface area contributed by atoms with E-state index in [1.165, 1.54) is 0 Å². The van der Waals surface area contributed by atoms with Crippen molar-refractivity contribution in [3.8, 4) is 0 Å². The summed E-state index contributed by atoms with van der Waals surface area (Å²) in [6, 6.07) is 5.41. The van der Waals surface area contributed by atoms with E-state index in [4.69, 9.17) is 9.47 Å². The van der Waals surface area contributed by atoms with Gasteiger partial charge >= 0.3 is 0 Å². The van der Waals surface area contributed by atoms with Crippen LogP contribution in [-0.4, -0.2) is 74.2 Å². The smallest absolute Gasteiger partial charge is 0.255 e. The molecule has 2 saturated heterocycles. The molecule has 0 aromatic heterocycles. The Labute approximate surface area is 175 Å². The first-order valence-electron chi connectivity index (χ1n) is 10.3. The van der Waals surface area contributed by atoms with E-state index in [-0.39, 0.29) is 42.4 Å². The number of ether oxygens (including phenoxy) is 2. The molecule has 4 atom stereocenters. The van der Waals surface area contributed by atoms with Gasteiger partial charge < -0.3 is 25.0 Å². The van der Waals surface area contributed by atoms with Gasteiger partial charge in [-0.2, -0.15) is 0 Å². The van der Waals surface area contributed by atoms with Crippen LogP contribution in [0.3, 0.4) is 0 Å². The monoisotopic (exact) mass is 416 g/mol. The Morgan fingerprint density at radius 1 is 1.20 bits per heavy atom. The molecule has 0 radical (unpaired) electrons. The molecule has 4 rings (SSSR count). The van der Waals surface area contributed by atoms with Gasteiger partial charge in [-0.05, 0) is 23.6 Å². The average Bonchev–Trinajstić information content (AvgIpc) is 3.28. The Morgan fingerprint density at radius 3 is 2.77 bits per heavy atom. The molecule has 3 aliphatic rings. The summed E-state index contributed by atoms with van der Waals surface area (Å²) in [5, 5.41) is 9.16. The van der Waals surface area contributed by atoms with E-state index in [9.17, 15) is 14.4 Å².